The Hall–Kier alpha value is -0.610. The third-order valence-electron chi connectivity index (χ3n) is 3.78. The van der Waals surface area contributed by atoms with Crippen LogP contribution in [0.1, 0.15) is 58.8 Å². The van der Waals surface area contributed by atoms with Gasteiger partial charge in [0.2, 0.25) is 5.91 Å². The highest BCUT2D eigenvalue weighted by atomic mass is 16.2. The lowest BCUT2D eigenvalue weighted by Crippen LogP contribution is -2.36. The Balaban J connectivity index is 3.71. The number of carbonyl (C=O) groups is 1. The second kappa shape index (κ2) is 12.2. The normalized spacial score (nSPS) is 12.7. The number of nitrogens with zero attached hydrogens (tertiary/aromatic N) is 2. The lowest BCUT2D eigenvalue weighted by Gasteiger charge is -2.23. The fourth-order valence-electron chi connectivity index (χ4n) is 2.18. The molecule has 2 N–H and O–H groups in total. The van der Waals surface area contributed by atoms with Crippen molar-refractivity contribution in [1.29, 1.82) is 0 Å². The summed E-state index contributed by atoms with van der Waals surface area (Å²) in [5.74, 6) is 0.273. The van der Waals surface area contributed by atoms with Crippen LogP contribution in [0.5, 0.6) is 0 Å². The van der Waals surface area contributed by atoms with Gasteiger partial charge in [-0.15, -0.1) is 0 Å². The van der Waals surface area contributed by atoms with Crippen LogP contribution < -0.4 is 5.73 Å². The van der Waals surface area contributed by atoms with Gasteiger partial charge in [0, 0.05) is 32.6 Å². The molecule has 0 bridgehead atoms. The van der Waals surface area contributed by atoms with E-state index in [4.69, 9.17) is 5.73 Å². The summed E-state index contributed by atoms with van der Waals surface area (Å²) in [7, 11) is 4.01. The number of hydrogen-bond donors (Lipinski definition) is 1. The van der Waals surface area contributed by atoms with Crippen molar-refractivity contribution in [1.82, 2.24) is 9.80 Å². The van der Waals surface area contributed by atoms with Crippen LogP contribution in [-0.2, 0) is 4.79 Å². The second-order valence-electron chi connectivity index (χ2n) is 5.91. The molecule has 4 nitrogen and oxygen atoms in total. The van der Waals surface area contributed by atoms with Crippen molar-refractivity contribution >= 4 is 5.91 Å². The molecule has 1 unspecified atom stereocenters. The Kier molecular flexibility index (Phi) is 11.8. The van der Waals surface area contributed by atoms with Crippen LogP contribution in [0, 0.1) is 0 Å². The summed E-state index contributed by atoms with van der Waals surface area (Å²) in [4.78, 5) is 16.0. The maximum Gasteiger partial charge on any atom is 0.222 e. The first kappa shape index (κ1) is 19.4. The Morgan fingerprint density at radius 3 is 2.30 bits per heavy atom. The average molecular weight is 285 g/mol. The van der Waals surface area contributed by atoms with Gasteiger partial charge in [-0.1, -0.05) is 33.1 Å². The topological polar surface area (TPSA) is 49.6 Å². The van der Waals surface area contributed by atoms with Crippen molar-refractivity contribution in [2.24, 2.45) is 5.73 Å². The summed E-state index contributed by atoms with van der Waals surface area (Å²) in [6, 6.07) is 0.316. The van der Waals surface area contributed by atoms with Crippen LogP contribution in [0.2, 0.25) is 0 Å². The monoisotopic (exact) mass is 285 g/mol. The highest BCUT2D eigenvalue weighted by Crippen LogP contribution is 2.03. The minimum atomic E-state index is 0.273. The van der Waals surface area contributed by atoms with E-state index in [1.807, 2.05) is 11.9 Å². The fraction of sp³-hybridized carbons (Fsp3) is 0.938. The molecule has 0 saturated carbocycles. The standard InChI is InChI=1S/C16H35N3O/c1-5-7-8-10-16(20)19(4)14-13-18(3)12-11-15(17)9-6-2/h15H,5-14,17H2,1-4H3. The maximum atomic E-state index is 11.9. The van der Waals surface area contributed by atoms with Crippen LogP contribution in [0.25, 0.3) is 0 Å². The van der Waals surface area contributed by atoms with E-state index in [9.17, 15) is 4.79 Å². The van der Waals surface area contributed by atoms with E-state index in [0.717, 1.165) is 58.2 Å². The van der Waals surface area contributed by atoms with Gasteiger partial charge in [-0.25, -0.2) is 0 Å². The van der Waals surface area contributed by atoms with Crippen molar-refractivity contribution in [2.75, 3.05) is 33.7 Å². The number of hydrogen-bond acceptors (Lipinski definition) is 3. The van der Waals surface area contributed by atoms with E-state index in [1.165, 1.54) is 0 Å². The molecule has 4 heteroatoms. The van der Waals surface area contributed by atoms with E-state index in [1.54, 1.807) is 0 Å². The summed E-state index contributed by atoms with van der Waals surface area (Å²) >= 11 is 0. The highest BCUT2D eigenvalue weighted by molar-refractivity contribution is 5.75. The van der Waals surface area contributed by atoms with Crippen LogP contribution >= 0.6 is 0 Å². The Morgan fingerprint density at radius 1 is 1.00 bits per heavy atom. The summed E-state index contributed by atoms with van der Waals surface area (Å²) in [6.07, 6.45) is 7.31. The van der Waals surface area contributed by atoms with E-state index < -0.39 is 0 Å². The van der Waals surface area contributed by atoms with Gasteiger partial charge in [0.25, 0.3) is 0 Å². The summed E-state index contributed by atoms with van der Waals surface area (Å²) in [6.45, 7) is 7.08. The molecule has 0 aliphatic carbocycles. The quantitative estimate of drug-likeness (QED) is 0.560. The van der Waals surface area contributed by atoms with Crippen molar-refractivity contribution in [3.05, 3.63) is 0 Å². The van der Waals surface area contributed by atoms with Crippen LogP contribution in [0.3, 0.4) is 0 Å². The largest absolute Gasteiger partial charge is 0.344 e. The number of rotatable bonds is 12. The Morgan fingerprint density at radius 2 is 1.70 bits per heavy atom. The summed E-state index contributed by atoms with van der Waals surface area (Å²) < 4.78 is 0. The zero-order valence-electron chi connectivity index (χ0n) is 14.0. The van der Waals surface area contributed by atoms with Crippen LogP contribution in [-0.4, -0.2) is 55.5 Å². The van der Waals surface area contributed by atoms with Crippen molar-refractivity contribution in [3.63, 3.8) is 0 Å². The number of carbonyl (C=O) groups excluding carboxylic acids is 1. The van der Waals surface area contributed by atoms with E-state index in [-0.39, 0.29) is 5.91 Å². The molecule has 0 aromatic heterocycles. The number of amides is 1. The molecule has 120 valence electrons. The van der Waals surface area contributed by atoms with Gasteiger partial charge in [-0.2, -0.15) is 0 Å². The van der Waals surface area contributed by atoms with E-state index in [2.05, 4.69) is 25.8 Å². The predicted octanol–water partition coefficient (Wildman–Crippen LogP) is 2.47. The van der Waals surface area contributed by atoms with Gasteiger partial charge in [0.1, 0.15) is 0 Å². The highest BCUT2D eigenvalue weighted by Gasteiger charge is 2.09. The Labute approximate surface area is 125 Å². The van der Waals surface area contributed by atoms with Crippen LogP contribution in [0.4, 0.5) is 0 Å². The third kappa shape index (κ3) is 10.2. The molecule has 1 atom stereocenters. The zero-order valence-corrected chi connectivity index (χ0v) is 14.0. The Bertz CT molecular complexity index is 246. The zero-order chi connectivity index (χ0) is 15.4. The molecular formula is C16H35N3O. The molecule has 0 rings (SSSR count). The number of likely N-dealkylation sites (N-methyl/N-ethyl adjacent to an activating group) is 2. The first-order valence-electron chi connectivity index (χ1n) is 8.19. The molecule has 0 aromatic carbocycles. The first-order valence-corrected chi connectivity index (χ1v) is 8.19. The molecule has 0 fully saturated rings. The lowest BCUT2D eigenvalue weighted by molar-refractivity contribution is -0.130. The fourth-order valence-corrected chi connectivity index (χ4v) is 2.18. The van der Waals surface area contributed by atoms with Gasteiger partial charge in [-0.05, 0) is 32.9 Å². The van der Waals surface area contributed by atoms with Gasteiger partial charge in [0.15, 0.2) is 0 Å². The van der Waals surface area contributed by atoms with Crippen molar-refractivity contribution in [3.8, 4) is 0 Å². The molecule has 0 spiro atoms. The predicted molar refractivity (Wildman–Crippen MR) is 86.8 cm³/mol. The minimum Gasteiger partial charge on any atom is -0.344 e. The maximum absolute atomic E-state index is 11.9. The molecule has 0 saturated heterocycles. The summed E-state index contributed by atoms with van der Waals surface area (Å²) in [5.41, 5.74) is 6.01. The molecular weight excluding hydrogens is 250 g/mol. The van der Waals surface area contributed by atoms with E-state index in [0.29, 0.717) is 12.5 Å². The van der Waals surface area contributed by atoms with Crippen molar-refractivity contribution < 1.29 is 4.79 Å². The lowest BCUT2D eigenvalue weighted by atomic mass is 10.1. The molecule has 1 amide bonds. The van der Waals surface area contributed by atoms with Crippen molar-refractivity contribution in [2.45, 2.75) is 64.8 Å². The van der Waals surface area contributed by atoms with Gasteiger partial charge < -0.3 is 15.5 Å². The number of nitrogens with two attached hydrogens (primary N) is 1. The molecule has 0 aromatic rings. The smallest absolute Gasteiger partial charge is 0.222 e. The number of unbranched alkanes of at least 4 members (excludes halogenated alkanes) is 2. The van der Waals surface area contributed by atoms with Gasteiger partial charge in [-0.3, -0.25) is 4.79 Å². The average Bonchev–Trinajstić information content (AvgIpc) is 2.42. The summed E-state index contributed by atoms with van der Waals surface area (Å²) in [5, 5.41) is 0. The van der Waals surface area contributed by atoms with Gasteiger partial charge >= 0.3 is 0 Å². The molecule has 0 heterocycles. The van der Waals surface area contributed by atoms with E-state index >= 15 is 0 Å². The minimum absolute atomic E-state index is 0.273. The molecule has 0 radical (unpaired) electrons. The first-order chi connectivity index (χ1) is 9.51. The van der Waals surface area contributed by atoms with Crippen LogP contribution in [0.15, 0.2) is 0 Å². The third-order valence-corrected chi connectivity index (χ3v) is 3.78. The molecule has 20 heavy (non-hydrogen) atoms. The molecule has 0 aliphatic heterocycles. The SMILES string of the molecule is CCCCCC(=O)N(C)CCN(C)CCC(N)CCC. The molecule has 0 aliphatic rings. The second-order valence-corrected chi connectivity index (χ2v) is 5.91. The van der Waals surface area contributed by atoms with Gasteiger partial charge in [0.05, 0.1) is 0 Å².